The van der Waals surface area contributed by atoms with Crippen molar-refractivity contribution in [1.29, 1.82) is 0 Å². The van der Waals surface area contributed by atoms with Crippen LogP contribution in [0.15, 0.2) is 59.1 Å². The Morgan fingerprint density at radius 2 is 1.89 bits per heavy atom. The van der Waals surface area contributed by atoms with Crippen LogP contribution in [0.1, 0.15) is 31.2 Å². The molecule has 2 atom stereocenters. The summed E-state index contributed by atoms with van der Waals surface area (Å²) < 4.78 is 5.54. The second kappa shape index (κ2) is 7.84. The maximum Gasteiger partial charge on any atom is 0.321 e. The highest BCUT2D eigenvalue weighted by Crippen LogP contribution is 2.33. The molecule has 6 heteroatoms. The maximum absolute atomic E-state index is 12.8. The number of likely N-dealkylation sites (tertiary alicyclic amines) is 1. The lowest BCUT2D eigenvalue weighted by Gasteiger charge is -2.18. The van der Waals surface area contributed by atoms with E-state index in [0.717, 1.165) is 23.2 Å². The Morgan fingerprint density at radius 3 is 2.68 bits per heavy atom. The van der Waals surface area contributed by atoms with Crippen LogP contribution < -0.4 is 5.32 Å². The van der Waals surface area contributed by atoms with Gasteiger partial charge in [-0.05, 0) is 24.0 Å². The minimum atomic E-state index is -0.0851. The Hall–Kier alpha value is -3.15. The third-order valence-corrected chi connectivity index (χ3v) is 5.33. The van der Waals surface area contributed by atoms with Gasteiger partial charge < -0.3 is 14.7 Å². The van der Waals surface area contributed by atoms with E-state index in [0.29, 0.717) is 24.8 Å². The molecule has 1 aliphatic heterocycles. The molecule has 1 aromatic heterocycles. The highest BCUT2D eigenvalue weighted by atomic mass is 16.5. The van der Waals surface area contributed by atoms with Gasteiger partial charge in [0.05, 0.1) is 5.92 Å². The number of urea groups is 1. The SMILES string of the molecule is CCc1ccccc1NC(=O)N1CC(C)C(c2nc(-c3ccccc3)no2)C1. The zero-order chi connectivity index (χ0) is 19.5. The minimum Gasteiger partial charge on any atom is -0.339 e. The number of hydrogen-bond donors (Lipinski definition) is 1. The molecule has 144 valence electrons. The normalized spacial score (nSPS) is 19.0. The predicted octanol–water partition coefficient (Wildman–Crippen LogP) is 4.57. The molecule has 2 amide bonds. The van der Waals surface area contributed by atoms with Crippen LogP contribution in [-0.2, 0) is 6.42 Å². The summed E-state index contributed by atoms with van der Waals surface area (Å²) in [7, 11) is 0. The quantitative estimate of drug-likeness (QED) is 0.724. The highest BCUT2D eigenvalue weighted by molar-refractivity contribution is 5.90. The van der Waals surface area contributed by atoms with Gasteiger partial charge in [0, 0.05) is 24.3 Å². The van der Waals surface area contributed by atoms with E-state index >= 15 is 0 Å². The molecule has 2 unspecified atom stereocenters. The van der Waals surface area contributed by atoms with Crippen LogP contribution in [0.4, 0.5) is 10.5 Å². The number of rotatable bonds is 4. The zero-order valence-corrected chi connectivity index (χ0v) is 16.1. The molecule has 28 heavy (non-hydrogen) atoms. The molecule has 3 aromatic rings. The van der Waals surface area contributed by atoms with Crippen LogP contribution >= 0.6 is 0 Å². The highest BCUT2D eigenvalue weighted by Gasteiger charge is 2.37. The number of nitrogens with zero attached hydrogens (tertiary/aromatic N) is 3. The van der Waals surface area contributed by atoms with Crippen molar-refractivity contribution in [2.45, 2.75) is 26.2 Å². The average Bonchev–Trinajstić information content (AvgIpc) is 3.36. The van der Waals surface area contributed by atoms with Crippen LogP contribution in [0.3, 0.4) is 0 Å². The summed E-state index contributed by atoms with van der Waals surface area (Å²) in [5, 5.41) is 7.17. The number of carbonyl (C=O) groups is 1. The molecule has 1 fully saturated rings. The van der Waals surface area contributed by atoms with E-state index in [1.807, 2.05) is 59.5 Å². The number of amides is 2. The van der Waals surface area contributed by atoms with Crippen LogP contribution in [-0.4, -0.2) is 34.2 Å². The Bertz CT molecular complexity index is 954. The number of hydrogen-bond acceptors (Lipinski definition) is 4. The van der Waals surface area contributed by atoms with Crippen molar-refractivity contribution in [2.75, 3.05) is 18.4 Å². The van der Waals surface area contributed by atoms with Crippen molar-refractivity contribution >= 4 is 11.7 Å². The number of aryl methyl sites for hydroxylation is 1. The van der Waals surface area contributed by atoms with Crippen molar-refractivity contribution < 1.29 is 9.32 Å². The molecular weight excluding hydrogens is 352 g/mol. The van der Waals surface area contributed by atoms with Gasteiger partial charge in [-0.3, -0.25) is 0 Å². The summed E-state index contributed by atoms with van der Waals surface area (Å²) in [6, 6.07) is 17.6. The Labute approximate surface area is 164 Å². The van der Waals surface area contributed by atoms with E-state index in [1.165, 1.54) is 0 Å². The second-order valence-corrected chi connectivity index (χ2v) is 7.25. The van der Waals surface area contributed by atoms with Crippen molar-refractivity contribution in [3.05, 3.63) is 66.1 Å². The number of para-hydroxylation sites is 1. The summed E-state index contributed by atoms with van der Waals surface area (Å²) in [4.78, 5) is 19.2. The molecule has 1 aliphatic rings. The third kappa shape index (κ3) is 3.63. The molecule has 2 aromatic carbocycles. The van der Waals surface area contributed by atoms with Crippen LogP contribution in [0.2, 0.25) is 0 Å². The number of anilines is 1. The van der Waals surface area contributed by atoms with Crippen LogP contribution in [0, 0.1) is 5.92 Å². The molecule has 0 radical (unpaired) electrons. The molecule has 1 N–H and O–H groups in total. The summed E-state index contributed by atoms with van der Waals surface area (Å²) >= 11 is 0. The van der Waals surface area contributed by atoms with E-state index in [2.05, 4.69) is 29.3 Å². The fourth-order valence-corrected chi connectivity index (χ4v) is 3.69. The average molecular weight is 376 g/mol. The molecule has 2 heterocycles. The molecule has 0 bridgehead atoms. The van der Waals surface area contributed by atoms with E-state index < -0.39 is 0 Å². The number of aromatic nitrogens is 2. The standard InChI is InChI=1S/C22H24N4O2/c1-3-16-9-7-8-12-19(16)23-22(27)26-13-15(2)18(14-26)21-24-20(25-28-21)17-10-5-4-6-11-17/h4-12,15,18H,3,13-14H2,1-2H3,(H,23,27). The van der Waals surface area contributed by atoms with Crippen molar-refractivity contribution in [3.63, 3.8) is 0 Å². The van der Waals surface area contributed by atoms with Gasteiger partial charge in [-0.1, -0.05) is 67.5 Å². The Balaban J connectivity index is 1.46. The maximum atomic E-state index is 12.8. The second-order valence-electron chi connectivity index (χ2n) is 7.25. The lowest BCUT2D eigenvalue weighted by molar-refractivity contribution is 0.220. The van der Waals surface area contributed by atoms with E-state index in [9.17, 15) is 4.79 Å². The minimum absolute atomic E-state index is 0.0390. The fourth-order valence-electron chi connectivity index (χ4n) is 3.69. The lowest BCUT2D eigenvalue weighted by atomic mass is 9.98. The summed E-state index contributed by atoms with van der Waals surface area (Å²) in [6.45, 7) is 5.43. The third-order valence-electron chi connectivity index (χ3n) is 5.33. The molecule has 6 nitrogen and oxygen atoms in total. The van der Waals surface area contributed by atoms with Crippen molar-refractivity contribution in [2.24, 2.45) is 5.92 Å². The van der Waals surface area contributed by atoms with E-state index in [4.69, 9.17) is 4.52 Å². The van der Waals surface area contributed by atoms with E-state index in [-0.39, 0.29) is 17.9 Å². The predicted molar refractivity (Wildman–Crippen MR) is 108 cm³/mol. The summed E-state index contributed by atoms with van der Waals surface area (Å²) in [5.41, 5.74) is 2.92. The van der Waals surface area contributed by atoms with E-state index in [1.54, 1.807) is 0 Å². The van der Waals surface area contributed by atoms with Gasteiger partial charge in [-0.2, -0.15) is 4.98 Å². The van der Waals surface area contributed by atoms with Crippen molar-refractivity contribution in [3.8, 4) is 11.4 Å². The molecule has 4 rings (SSSR count). The van der Waals surface area contributed by atoms with Crippen molar-refractivity contribution in [1.82, 2.24) is 15.0 Å². The number of benzene rings is 2. The lowest BCUT2D eigenvalue weighted by Crippen LogP contribution is -2.33. The van der Waals surface area contributed by atoms with Gasteiger partial charge in [0.2, 0.25) is 11.7 Å². The Morgan fingerprint density at radius 1 is 1.14 bits per heavy atom. The fraction of sp³-hybridized carbons (Fsp3) is 0.318. The van der Waals surface area contributed by atoms with Gasteiger partial charge >= 0.3 is 6.03 Å². The first-order chi connectivity index (χ1) is 13.7. The largest absolute Gasteiger partial charge is 0.339 e. The summed E-state index contributed by atoms with van der Waals surface area (Å²) in [5.74, 6) is 1.46. The van der Waals surface area contributed by atoms with Crippen LogP contribution in [0.5, 0.6) is 0 Å². The number of nitrogens with one attached hydrogen (secondary N) is 1. The van der Waals surface area contributed by atoms with Gasteiger partial charge in [0.1, 0.15) is 0 Å². The molecule has 1 saturated heterocycles. The first-order valence-corrected chi connectivity index (χ1v) is 9.68. The van der Waals surface area contributed by atoms with Gasteiger partial charge in [-0.25, -0.2) is 4.79 Å². The molecule has 0 spiro atoms. The topological polar surface area (TPSA) is 71.3 Å². The first kappa shape index (κ1) is 18.2. The van der Waals surface area contributed by atoms with Gasteiger partial charge in [0.25, 0.3) is 0 Å². The van der Waals surface area contributed by atoms with Gasteiger partial charge in [0.15, 0.2) is 0 Å². The zero-order valence-electron chi connectivity index (χ0n) is 16.1. The smallest absolute Gasteiger partial charge is 0.321 e. The molecule has 0 saturated carbocycles. The first-order valence-electron chi connectivity index (χ1n) is 9.68. The Kier molecular flexibility index (Phi) is 5.10. The summed E-state index contributed by atoms with van der Waals surface area (Å²) in [6.07, 6.45) is 0.875. The molecule has 0 aliphatic carbocycles. The monoisotopic (exact) mass is 376 g/mol. The van der Waals surface area contributed by atoms with Crippen LogP contribution in [0.25, 0.3) is 11.4 Å². The number of carbonyl (C=O) groups excluding carboxylic acids is 1. The molecular formula is C22H24N4O2. The van der Waals surface area contributed by atoms with Gasteiger partial charge in [-0.15, -0.1) is 0 Å².